The number of amides is 3. The Morgan fingerprint density at radius 1 is 0.742 bits per heavy atom. The molecule has 3 amide bonds. The molecule has 5 N–H and O–H groups in total. The number of carbonyl (C=O) groups excluding carboxylic acids is 3. The summed E-state index contributed by atoms with van der Waals surface area (Å²) in [6.45, 7) is 5.44. The number of hydrogen-bond donors (Lipinski definition) is 5. The van der Waals surface area contributed by atoms with Crippen molar-refractivity contribution in [3.63, 3.8) is 0 Å². The smallest absolute Gasteiger partial charge is 0.326 e. The summed E-state index contributed by atoms with van der Waals surface area (Å²) >= 11 is 0. The lowest BCUT2D eigenvalue weighted by Crippen LogP contribution is -2.44. The quantitative estimate of drug-likeness (QED) is 0.169. The van der Waals surface area contributed by atoms with Crippen LogP contribution in [0.4, 0.5) is 0 Å². The molecule has 0 aromatic heterocycles. The van der Waals surface area contributed by atoms with E-state index >= 15 is 0 Å². The summed E-state index contributed by atoms with van der Waals surface area (Å²) in [5.41, 5.74) is 0. The molecule has 0 heterocycles. The van der Waals surface area contributed by atoms with Gasteiger partial charge in [-0.3, -0.25) is 14.4 Å². The van der Waals surface area contributed by atoms with E-state index in [2.05, 4.69) is 16.0 Å². The highest BCUT2D eigenvalue weighted by Crippen LogP contribution is 2.03. The average molecular weight is 447 g/mol. The molecule has 31 heavy (non-hydrogen) atoms. The minimum Gasteiger partial charge on any atom is -0.480 e. The fourth-order valence-corrected chi connectivity index (χ4v) is 2.34. The van der Waals surface area contributed by atoms with E-state index in [1.807, 2.05) is 6.92 Å². The van der Waals surface area contributed by atoms with Crippen molar-refractivity contribution in [1.29, 1.82) is 0 Å². The van der Waals surface area contributed by atoms with E-state index in [0.717, 1.165) is 0 Å². The molecule has 0 aliphatic rings. The molecule has 0 fully saturated rings. The molecule has 0 radical (unpaired) electrons. The molecule has 12 heteroatoms. The predicted octanol–water partition coefficient (Wildman–Crippen LogP) is -0.735. The van der Waals surface area contributed by atoms with Gasteiger partial charge in [0.15, 0.2) is 0 Å². The van der Waals surface area contributed by atoms with Crippen molar-refractivity contribution in [2.24, 2.45) is 0 Å². The van der Waals surface area contributed by atoms with Gasteiger partial charge in [0, 0.05) is 32.4 Å². The first-order valence-electron chi connectivity index (χ1n) is 10.2. The Kier molecular flexibility index (Phi) is 15.5. The summed E-state index contributed by atoms with van der Waals surface area (Å²) in [7, 11) is 0. The Hall–Kier alpha value is -2.73. The van der Waals surface area contributed by atoms with Gasteiger partial charge in [0.1, 0.15) is 12.1 Å². The van der Waals surface area contributed by atoms with Gasteiger partial charge < -0.3 is 35.6 Å². The summed E-state index contributed by atoms with van der Waals surface area (Å²) in [6.07, 6.45) is -0.648. The van der Waals surface area contributed by atoms with Crippen LogP contribution >= 0.6 is 0 Å². The first-order chi connectivity index (χ1) is 14.7. The van der Waals surface area contributed by atoms with Crippen LogP contribution in [0, 0.1) is 0 Å². The zero-order chi connectivity index (χ0) is 23.6. The number of aliphatic carboxylic acids is 2. The molecule has 0 saturated heterocycles. The number of carbonyl (C=O) groups is 5. The Labute approximate surface area is 181 Å². The van der Waals surface area contributed by atoms with E-state index in [1.165, 1.54) is 0 Å². The lowest BCUT2D eigenvalue weighted by atomic mass is 10.1. The Bertz CT molecular complexity index is 598. The van der Waals surface area contributed by atoms with E-state index < -0.39 is 35.8 Å². The number of carboxylic acids is 2. The summed E-state index contributed by atoms with van der Waals surface area (Å²) in [6, 6.07) is -2.54. The Morgan fingerprint density at radius 2 is 1.26 bits per heavy atom. The van der Waals surface area contributed by atoms with Crippen LogP contribution in [0.1, 0.15) is 46.0 Å². The maximum atomic E-state index is 12.0. The molecule has 0 aliphatic heterocycles. The van der Waals surface area contributed by atoms with Crippen molar-refractivity contribution < 1.29 is 43.7 Å². The lowest BCUT2D eigenvalue weighted by Gasteiger charge is -2.16. The zero-order valence-corrected chi connectivity index (χ0v) is 18.0. The predicted molar refractivity (Wildman–Crippen MR) is 108 cm³/mol. The van der Waals surface area contributed by atoms with Crippen molar-refractivity contribution in [2.45, 2.75) is 58.0 Å². The van der Waals surface area contributed by atoms with Crippen molar-refractivity contribution in [1.82, 2.24) is 16.0 Å². The average Bonchev–Trinajstić information content (AvgIpc) is 2.72. The van der Waals surface area contributed by atoms with Gasteiger partial charge >= 0.3 is 11.9 Å². The van der Waals surface area contributed by atoms with Gasteiger partial charge in [0.2, 0.25) is 17.7 Å². The Morgan fingerprint density at radius 3 is 1.77 bits per heavy atom. The molecule has 0 bridgehead atoms. The molecule has 2 unspecified atom stereocenters. The lowest BCUT2D eigenvalue weighted by molar-refractivity contribution is -0.143. The van der Waals surface area contributed by atoms with Crippen molar-refractivity contribution in [2.75, 3.05) is 33.0 Å². The van der Waals surface area contributed by atoms with Crippen LogP contribution in [0.2, 0.25) is 0 Å². The maximum absolute atomic E-state index is 12.0. The first-order valence-corrected chi connectivity index (χ1v) is 10.2. The van der Waals surface area contributed by atoms with Crippen LogP contribution in [-0.2, 0) is 33.4 Å². The second kappa shape index (κ2) is 17.0. The Balaban J connectivity index is 4.28. The van der Waals surface area contributed by atoms with Crippen LogP contribution in [0.3, 0.4) is 0 Å². The monoisotopic (exact) mass is 447 g/mol. The van der Waals surface area contributed by atoms with Crippen molar-refractivity contribution >= 4 is 29.7 Å². The summed E-state index contributed by atoms with van der Waals surface area (Å²) in [5.74, 6) is -4.14. The molecule has 0 saturated carbocycles. The molecular formula is C19H33N3O9. The van der Waals surface area contributed by atoms with E-state index in [1.54, 1.807) is 6.92 Å². The van der Waals surface area contributed by atoms with Crippen LogP contribution in [-0.4, -0.2) is 84.9 Å². The highest BCUT2D eigenvalue weighted by atomic mass is 16.5. The summed E-state index contributed by atoms with van der Waals surface area (Å²) in [5, 5.41) is 25.4. The number of carboxylic acid groups (broad SMARTS) is 2. The van der Waals surface area contributed by atoms with Crippen LogP contribution in [0.15, 0.2) is 0 Å². The second-order valence-corrected chi connectivity index (χ2v) is 6.51. The highest BCUT2D eigenvalue weighted by Gasteiger charge is 2.24. The number of hydrogen-bond acceptors (Lipinski definition) is 7. The van der Waals surface area contributed by atoms with E-state index in [4.69, 9.17) is 14.6 Å². The van der Waals surface area contributed by atoms with Crippen LogP contribution < -0.4 is 16.0 Å². The SMILES string of the molecule is CCOCCOCCNC(=O)CCC(NC(=O)CCC(NC(=O)CC)C(=O)O)C(=O)O. The van der Waals surface area contributed by atoms with Crippen LogP contribution in [0.25, 0.3) is 0 Å². The number of rotatable bonds is 18. The molecule has 0 spiro atoms. The van der Waals surface area contributed by atoms with Crippen molar-refractivity contribution in [3.8, 4) is 0 Å². The minimum atomic E-state index is -1.31. The van der Waals surface area contributed by atoms with E-state index in [0.29, 0.717) is 19.8 Å². The standard InChI is InChI=1S/C19H33N3O9/c1-3-15(23)21-13(18(26)27)6-8-17(25)22-14(19(28)29)5-7-16(24)20-9-10-31-12-11-30-4-2/h13-14H,3-12H2,1-2H3,(H,20,24)(H,21,23)(H,22,25)(H,26,27)(H,28,29). The van der Waals surface area contributed by atoms with Gasteiger partial charge in [-0.15, -0.1) is 0 Å². The molecule has 0 aromatic carbocycles. The zero-order valence-electron chi connectivity index (χ0n) is 18.0. The fraction of sp³-hybridized carbons (Fsp3) is 0.737. The third-order valence-corrected chi connectivity index (χ3v) is 4.05. The summed E-state index contributed by atoms with van der Waals surface area (Å²) < 4.78 is 10.3. The highest BCUT2D eigenvalue weighted by molar-refractivity contribution is 5.86. The normalized spacial score (nSPS) is 12.5. The minimum absolute atomic E-state index is 0.0958. The molecule has 0 rings (SSSR count). The molecule has 178 valence electrons. The van der Waals surface area contributed by atoms with Gasteiger partial charge in [-0.2, -0.15) is 0 Å². The van der Waals surface area contributed by atoms with Crippen LogP contribution in [0.5, 0.6) is 0 Å². The molecule has 2 atom stereocenters. The largest absolute Gasteiger partial charge is 0.480 e. The maximum Gasteiger partial charge on any atom is 0.326 e. The van der Waals surface area contributed by atoms with Gasteiger partial charge in [0.05, 0.1) is 19.8 Å². The summed E-state index contributed by atoms with van der Waals surface area (Å²) in [4.78, 5) is 57.6. The van der Waals surface area contributed by atoms with E-state index in [9.17, 15) is 29.1 Å². The molecule has 12 nitrogen and oxygen atoms in total. The molecule has 0 aromatic rings. The topological polar surface area (TPSA) is 180 Å². The van der Waals surface area contributed by atoms with E-state index in [-0.39, 0.29) is 51.2 Å². The van der Waals surface area contributed by atoms with Crippen molar-refractivity contribution in [3.05, 3.63) is 0 Å². The number of ether oxygens (including phenoxy) is 2. The number of nitrogens with one attached hydrogen (secondary N) is 3. The fourth-order valence-electron chi connectivity index (χ4n) is 2.34. The third-order valence-electron chi connectivity index (χ3n) is 4.05. The van der Waals surface area contributed by atoms with Gasteiger partial charge in [0.25, 0.3) is 0 Å². The van der Waals surface area contributed by atoms with Gasteiger partial charge in [-0.1, -0.05) is 6.92 Å². The second-order valence-electron chi connectivity index (χ2n) is 6.51. The van der Waals surface area contributed by atoms with Gasteiger partial charge in [-0.25, -0.2) is 9.59 Å². The third kappa shape index (κ3) is 14.8. The van der Waals surface area contributed by atoms with Gasteiger partial charge in [-0.05, 0) is 19.8 Å². The first kappa shape index (κ1) is 28.3. The molecule has 0 aliphatic carbocycles. The molecular weight excluding hydrogens is 414 g/mol.